The van der Waals surface area contributed by atoms with Crippen LogP contribution < -0.4 is 10.5 Å². The van der Waals surface area contributed by atoms with E-state index in [1.165, 1.54) is 18.6 Å². The van der Waals surface area contributed by atoms with Gasteiger partial charge in [-0.2, -0.15) is 0 Å². The molecule has 0 amide bonds. The lowest BCUT2D eigenvalue weighted by Gasteiger charge is -2.10. The molecule has 0 heterocycles. The first kappa shape index (κ1) is 13.0. The Morgan fingerprint density at radius 1 is 1.31 bits per heavy atom. The van der Waals surface area contributed by atoms with Gasteiger partial charge in [0.2, 0.25) is 0 Å². The van der Waals surface area contributed by atoms with Gasteiger partial charge in [-0.15, -0.1) is 0 Å². The quantitative estimate of drug-likeness (QED) is 0.724. The molecule has 0 aliphatic rings. The molecule has 1 aromatic carbocycles. The largest absolute Gasteiger partial charge is 0.493 e. The Labute approximate surface area is 96.6 Å². The van der Waals surface area contributed by atoms with Crippen molar-refractivity contribution in [2.75, 3.05) is 13.2 Å². The maximum absolute atomic E-state index is 13.0. The zero-order valence-electron chi connectivity index (χ0n) is 9.84. The van der Waals surface area contributed by atoms with Crippen LogP contribution in [0.4, 0.5) is 4.39 Å². The fourth-order valence-corrected chi connectivity index (χ4v) is 1.57. The normalized spacial score (nSPS) is 10.4. The monoisotopic (exact) mass is 225 g/mol. The van der Waals surface area contributed by atoms with Gasteiger partial charge in [-0.05, 0) is 43.1 Å². The number of rotatable bonds is 7. The van der Waals surface area contributed by atoms with Crippen molar-refractivity contribution in [2.45, 2.75) is 32.6 Å². The molecule has 0 saturated carbocycles. The summed E-state index contributed by atoms with van der Waals surface area (Å²) in [7, 11) is 0. The van der Waals surface area contributed by atoms with E-state index in [0.29, 0.717) is 19.6 Å². The van der Waals surface area contributed by atoms with Gasteiger partial charge < -0.3 is 10.5 Å². The van der Waals surface area contributed by atoms with E-state index in [0.717, 1.165) is 24.2 Å². The van der Waals surface area contributed by atoms with Gasteiger partial charge in [-0.3, -0.25) is 0 Å². The van der Waals surface area contributed by atoms with Crippen LogP contribution in [-0.4, -0.2) is 13.2 Å². The van der Waals surface area contributed by atoms with Gasteiger partial charge in [-0.1, -0.05) is 19.8 Å². The maximum atomic E-state index is 13.0. The number of benzene rings is 1. The van der Waals surface area contributed by atoms with Gasteiger partial charge in [0.1, 0.15) is 11.6 Å². The molecular weight excluding hydrogens is 205 g/mol. The molecule has 0 unspecified atom stereocenters. The summed E-state index contributed by atoms with van der Waals surface area (Å²) in [6, 6.07) is 4.61. The molecule has 0 aliphatic carbocycles. The van der Waals surface area contributed by atoms with Crippen LogP contribution in [0.25, 0.3) is 0 Å². The molecule has 16 heavy (non-hydrogen) atoms. The third-order valence-electron chi connectivity index (χ3n) is 2.44. The van der Waals surface area contributed by atoms with E-state index in [1.54, 1.807) is 6.07 Å². The summed E-state index contributed by atoms with van der Waals surface area (Å²) in [5.74, 6) is 0.535. The molecule has 2 nitrogen and oxygen atoms in total. The molecule has 0 atom stereocenters. The van der Waals surface area contributed by atoms with Gasteiger partial charge in [-0.25, -0.2) is 4.39 Å². The van der Waals surface area contributed by atoms with Gasteiger partial charge >= 0.3 is 0 Å². The Bertz CT molecular complexity index is 315. The molecule has 1 aromatic rings. The van der Waals surface area contributed by atoms with Gasteiger partial charge in [0.15, 0.2) is 0 Å². The fourth-order valence-electron chi connectivity index (χ4n) is 1.57. The molecule has 0 radical (unpaired) electrons. The van der Waals surface area contributed by atoms with Crippen molar-refractivity contribution in [1.82, 2.24) is 0 Å². The lowest BCUT2D eigenvalue weighted by atomic mass is 10.1. The third-order valence-corrected chi connectivity index (χ3v) is 2.44. The third kappa shape index (κ3) is 4.19. The second kappa shape index (κ2) is 7.23. The minimum atomic E-state index is -0.232. The van der Waals surface area contributed by atoms with Crippen LogP contribution in [0.1, 0.15) is 31.7 Å². The van der Waals surface area contributed by atoms with Crippen LogP contribution >= 0.6 is 0 Å². The summed E-state index contributed by atoms with van der Waals surface area (Å²) >= 11 is 0. The van der Waals surface area contributed by atoms with Crippen LogP contribution in [0.5, 0.6) is 5.75 Å². The highest BCUT2D eigenvalue weighted by molar-refractivity contribution is 5.34. The molecule has 2 N–H and O–H groups in total. The molecule has 0 saturated heterocycles. The lowest BCUT2D eigenvalue weighted by Crippen LogP contribution is -2.06. The zero-order chi connectivity index (χ0) is 11.8. The summed E-state index contributed by atoms with van der Waals surface area (Å²) in [5, 5.41) is 0. The first-order chi connectivity index (χ1) is 7.77. The molecule has 0 aromatic heterocycles. The average Bonchev–Trinajstić information content (AvgIpc) is 2.27. The number of halogens is 1. The van der Waals surface area contributed by atoms with Crippen molar-refractivity contribution in [2.24, 2.45) is 5.73 Å². The second-order valence-corrected chi connectivity index (χ2v) is 3.85. The highest BCUT2D eigenvalue weighted by Gasteiger charge is 2.04. The van der Waals surface area contributed by atoms with E-state index in [9.17, 15) is 4.39 Å². The van der Waals surface area contributed by atoms with Crippen LogP contribution in [0.15, 0.2) is 18.2 Å². The first-order valence-corrected chi connectivity index (χ1v) is 5.89. The molecule has 0 bridgehead atoms. The Morgan fingerprint density at radius 2 is 2.12 bits per heavy atom. The smallest absolute Gasteiger partial charge is 0.123 e. The number of hydrogen-bond donors (Lipinski definition) is 1. The minimum absolute atomic E-state index is 0.232. The highest BCUT2D eigenvalue weighted by atomic mass is 19.1. The van der Waals surface area contributed by atoms with Crippen molar-refractivity contribution in [1.29, 1.82) is 0 Å². The van der Waals surface area contributed by atoms with Gasteiger partial charge in [0, 0.05) is 0 Å². The van der Waals surface area contributed by atoms with Crippen LogP contribution in [0, 0.1) is 5.82 Å². The fraction of sp³-hybridized carbons (Fsp3) is 0.538. The Balaban J connectivity index is 2.56. The van der Waals surface area contributed by atoms with Crippen LogP contribution in [0.3, 0.4) is 0 Å². The predicted molar refractivity (Wildman–Crippen MR) is 64.2 cm³/mol. The van der Waals surface area contributed by atoms with Crippen molar-refractivity contribution >= 4 is 0 Å². The highest BCUT2D eigenvalue weighted by Crippen LogP contribution is 2.20. The van der Waals surface area contributed by atoms with E-state index < -0.39 is 0 Å². The SMILES string of the molecule is CCCCCOc1ccc(F)cc1CCN. The van der Waals surface area contributed by atoms with Gasteiger partial charge in [0.05, 0.1) is 6.61 Å². The Morgan fingerprint density at radius 3 is 2.81 bits per heavy atom. The summed E-state index contributed by atoms with van der Waals surface area (Å²) < 4.78 is 18.6. The van der Waals surface area contributed by atoms with Crippen molar-refractivity contribution < 1.29 is 9.13 Å². The topological polar surface area (TPSA) is 35.2 Å². The van der Waals surface area contributed by atoms with Crippen molar-refractivity contribution in [3.05, 3.63) is 29.6 Å². The van der Waals surface area contributed by atoms with Crippen molar-refractivity contribution in [3.8, 4) is 5.75 Å². The standard InChI is InChI=1S/C13H20FNO/c1-2-3-4-9-16-13-6-5-12(14)10-11(13)7-8-15/h5-6,10H,2-4,7-9,15H2,1H3. The van der Waals surface area contributed by atoms with Crippen molar-refractivity contribution in [3.63, 3.8) is 0 Å². The number of ether oxygens (including phenoxy) is 1. The molecule has 90 valence electrons. The van der Waals surface area contributed by atoms with E-state index in [2.05, 4.69) is 6.92 Å². The van der Waals surface area contributed by atoms with E-state index in [4.69, 9.17) is 10.5 Å². The molecule has 0 spiro atoms. The maximum Gasteiger partial charge on any atom is 0.123 e. The number of hydrogen-bond acceptors (Lipinski definition) is 2. The molecular formula is C13H20FNO. The van der Waals surface area contributed by atoms with Crippen LogP contribution in [-0.2, 0) is 6.42 Å². The first-order valence-electron chi connectivity index (χ1n) is 5.89. The Kier molecular flexibility index (Phi) is 5.86. The van der Waals surface area contributed by atoms with E-state index in [1.807, 2.05) is 0 Å². The number of unbranched alkanes of at least 4 members (excludes halogenated alkanes) is 2. The summed E-state index contributed by atoms with van der Waals surface area (Å²) in [5.41, 5.74) is 6.34. The molecule has 0 aliphatic heterocycles. The molecule has 3 heteroatoms. The second-order valence-electron chi connectivity index (χ2n) is 3.85. The molecule has 0 fully saturated rings. The summed E-state index contributed by atoms with van der Waals surface area (Å²) in [6.07, 6.45) is 4.02. The lowest BCUT2D eigenvalue weighted by molar-refractivity contribution is 0.303. The van der Waals surface area contributed by atoms with E-state index in [-0.39, 0.29) is 5.82 Å². The van der Waals surface area contributed by atoms with Crippen LogP contribution in [0.2, 0.25) is 0 Å². The average molecular weight is 225 g/mol. The zero-order valence-corrected chi connectivity index (χ0v) is 9.84. The van der Waals surface area contributed by atoms with E-state index >= 15 is 0 Å². The summed E-state index contributed by atoms with van der Waals surface area (Å²) in [4.78, 5) is 0. The predicted octanol–water partition coefficient (Wildman–Crippen LogP) is 2.90. The molecule has 1 rings (SSSR count). The summed E-state index contributed by atoms with van der Waals surface area (Å²) in [6.45, 7) is 3.35. The van der Waals surface area contributed by atoms with Gasteiger partial charge in [0.25, 0.3) is 0 Å². The number of nitrogens with two attached hydrogens (primary N) is 1. The minimum Gasteiger partial charge on any atom is -0.493 e. The Hall–Kier alpha value is -1.09.